The molecule has 0 aromatic rings. The first-order chi connectivity index (χ1) is 20.2. The highest BCUT2D eigenvalue weighted by Crippen LogP contribution is 2.49. The van der Waals surface area contributed by atoms with Crippen molar-refractivity contribution in [1.82, 2.24) is 0 Å². The zero-order valence-electron chi connectivity index (χ0n) is 28.6. The van der Waals surface area contributed by atoms with Crippen molar-refractivity contribution < 1.29 is 32.2 Å². The van der Waals surface area contributed by atoms with Crippen molar-refractivity contribution in [3.05, 3.63) is 0 Å². The maximum absolute atomic E-state index is 13.2. The number of hydrogen-bond acceptors (Lipinski definition) is 6. The largest absolute Gasteiger partial charge is 0.477 e. The molecule has 7 nitrogen and oxygen atoms in total. The molecule has 0 rings (SSSR count). The third-order valence-corrected chi connectivity index (χ3v) is 9.09. The SMILES string of the molecule is CCCCCCCCCCCCCCCCOP(=O)(OCC[N+](C)(C)C)OCOC(=O)CCCCCCCCCCC. The number of hydrogen-bond donors (Lipinski definition) is 0. The number of likely N-dealkylation sites (N-methyl/N-ethyl adjacent to an activating group) is 1. The number of phosphoric acid groups is 1. The molecule has 0 spiro atoms. The molecule has 0 aliphatic heterocycles. The van der Waals surface area contributed by atoms with Gasteiger partial charge in [0.1, 0.15) is 13.2 Å². The zero-order chi connectivity index (χ0) is 31.2. The lowest BCUT2D eigenvalue weighted by Gasteiger charge is -2.25. The van der Waals surface area contributed by atoms with Crippen LogP contribution in [0.5, 0.6) is 0 Å². The van der Waals surface area contributed by atoms with Gasteiger partial charge in [0, 0.05) is 6.42 Å². The summed E-state index contributed by atoms with van der Waals surface area (Å²) in [6.07, 6.45) is 28.9. The molecule has 0 aliphatic carbocycles. The molecule has 252 valence electrons. The topological polar surface area (TPSA) is 71.1 Å². The lowest BCUT2D eigenvalue weighted by molar-refractivity contribution is -0.870. The van der Waals surface area contributed by atoms with Gasteiger partial charge in [0.15, 0.2) is 0 Å². The smallest absolute Gasteiger partial charge is 0.438 e. The van der Waals surface area contributed by atoms with Crippen LogP contribution < -0.4 is 0 Å². The Labute approximate surface area is 261 Å². The van der Waals surface area contributed by atoms with Gasteiger partial charge in [0.25, 0.3) is 0 Å². The minimum atomic E-state index is -3.79. The zero-order valence-corrected chi connectivity index (χ0v) is 29.5. The van der Waals surface area contributed by atoms with Crippen LogP contribution in [0.2, 0.25) is 0 Å². The molecule has 0 saturated heterocycles. The first kappa shape index (κ1) is 41.5. The molecule has 0 fully saturated rings. The van der Waals surface area contributed by atoms with Gasteiger partial charge in [-0.1, -0.05) is 149 Å². The summed E-state index contributed by atoms with van der Waals surface area (Å²) in [5.41, 5.74) is 0. The van der Waals surface area contributed by atoms with Gasteiger partial charge in [-0.25, -0.2) is 9.09 Å². The van der Waals surface area contributed by atoms with Crippen molar-refractivity contribution in [1.29, 1.82) is 0 Å². The van der Waals surface area contributed by atoms with E-state index in [2.05, 4.69) is 13.8 Å². The Kier molecular flexibility index (Phi) is 28.9. The maximum Gasteiger partial charge on any atom is 0.477 e. The molecular formula is C34H71NO6P+. The molecule has 1 unspecified atom stereocenters. The standard InChI is InChI=1S/C34H71NO6P/c1-6-8-10-12-14-16-17-18-19-20-22-24-26-28-31-39-42(37,40-32-30-35(3,4)5)41-33-38-34(36)29-27-25-23-21-15-13-11-9-7-2/h6-33H2,1-5H3/q+1. The second kappa shape index (κ2) is 29.3. The van der Waals surface area contributed by atoms with Crippen LogP contribution in [-0.4, -0.2) is 58.1 Å². The Morgan fingerprint density at radius 1 is 0.524 bits per heavy atom. The number of phosphoric ester groups is 1. The van der Waals surface area contributed by atoms with E-state index in [9.17, 15) is 9.36 Å². The number of nitrogens with zero attached hydrogens (tertiary/aromatic N) is 1. The molecule has 0 saturated carbocycles. The number of ether oxygens (including phenoxy) is 1. The summed E-state index contributed by atoms with van der Waals surface area (Å²) in [5.74, 6) is -0.331. The van der Waals surface area contributed by atoms with E-state index in [1.54, 1.807) is 0 Å². The van der Waals surface area contributed by atoms with E-state index in [4.69, 9.17) is 18.3 Å². The highest BCUT2D eigenvalue weighted by molar-refractivity contribution is 7.48. The van der Waals surface area contributed by atoms with Crippen molar-refractivity contribution in [2.75, 3.05) is 47.7 Å². The third-order valence-electron chi connectivity index (χ3n) is 7.67. The van der Waals surface area contributed by atoms with Gasteiger partial charge < -0.3 is 9.22 Å². The lowest BCUT2D eigenvalue weighted by Crippen LogP contribution is -2.37. The number of carbonyl (C=O) groups is 1. The summed E-state index contributed by atoms with van der Waals surface area (Å²) in [4.78, 5) is 12.1. The molecule has 0 bridgehead atoms. The minimum Gasteiger partial charge on any atom is -0.438 e. The molecular weight excluding hydrogens is 549 g/mol. The number of carbonyl (C=O) groups excluding carboxylic acids is 1. The molecule has 42 heavy (non-hydrogen) atoms. The summed E-state index contributed by atoms with van der Waals surface area (Å²) in [6.45, 7) is 5.31. The van der Waals surface area contributed by atoms with Crippen LogP contribution in [-0.2, 0) is 27.7 Å². The predicted octanol–water partition coefficient (Wildman–Crippen LogP) is 10.8. The first-order valence-electron chi connectivity index (χ1n) is 17.7. The molecule has 8 heteroatoms. The van der Waals surface area contributed by atoms with Crippen molar-refractivity contribution >= 4 is 13.8 Å². The monoisotopic (exact) mass is 621 g/mol. The highest BCUT2D eigenvalue weighted by atomic mass is 31.2. The number of quaternary nitrogens is 1. The van der Waals surface area contributed by atoms with E-state index < -0.39 is 14.6 Å². The summed E-state index contributed by atoms with van der Waals surface area (Å²) < 4.78 is 35.6. The highest BCUT2D eigenvalue weighted by Gasteiger charge is 2.28. The third kappa shape index (κ3) is 31.0. The van der Waals surface area contributed by atoms with Gasteiger partial charge in [0.2, 0.25) is 6.79 Å². The summed E-state index contributed by atoms with van der Waals surface area (Å²) in [7, 11) is 2.33. The van der Waals surface area contributed by atoms with Crippen molar-refractivity contribution in [3.63, 3.8) is 0 Å². The van der Waals surface area contributed by atoms with E-state index in [1.807, 2.05) is 21.1 Å². The van der Waals surface area contributed by atoms with Crippen molar-refractivity contribution in [3.8, 4) is 0 Å². The molecule has 0 aliphatic rings. The average Bonchev–Trinajstić information content (AvgIpc) is 2.93. The second-order valence-corrected chi connectivity index (χ2v) is 14.7. The number of unbranched alkanes of at least 4 members (excludes halogenated alkanes) is 21. The van der Waals surface area contributed by atoms with Crippen LogP contribution in [0.1, 0.15) is 168 Å². The average molecular weight is 621 g/mol. The summed E-state index contributed by atoms with van der Waals surface area (Å²) in [6, 6.07) is 0. The van der Waals surface area contributed by atoms with E-state index in [1.165, 1.54) is 109 Å². The van der Waals surface area contributed by atoms with Crippen molar-refractivity contribution in [2.24, 2.45) is 0 Å². The van der Waals surface area contributed by atoms with Gasteiger partial charge in [-0.15, -0.1) is 0 Å². The fourth-order valence-corrected chi connectivity index (χ4v) is 5.88. The van der Waals surface area contributed by atoms with E-state index in [-0.39, 0.29) is 12.6 Å². The fourth-order valence-electron chi connectivity index (χ4n) is 4.82. The number of rotatable bonds is 33. The second-order valence-electron chi connectivity index (χ2n) is 13.1. The van der Waals surface area contributed by atoms with E-state index in [0.717, 1.165) is 38.5 Å². The Morgan fingerprint density at radius 2 is 0.905 bits per heavy atom. The Balaban J connectivity index is 4.04. The number of esters is 1. The van der Waals surface area contributed by atoms with Crippen molar-refractivity contribution in [2.45, 2.75) is 168 Å². The van der Waals surface area contributed by atoms with Crippen LogP contribution >= 0.6 is 7.82 Å². The lowest BCUT2D eigenvalue weighted by atomic mass is 10.0. The Morgan fingerprint density at radius 3 is 1.33 bits per heavy atom. The molecule has 0 heterocycles. The summed E-state index contributed by atoms with van der Waals surface area (Å²) >= 11 is 0. The summed E-state index contributed by atoms with van der Waals surface area (Å²) in [5, 5.41) is 0. The van der Waals surface area contributed by atoms with E-state index >= 15 is 0 Å². The van der Waals surface area contributed by atoms with Gasteiger partial charge >= 0.3 is 13.8 Å². The fraction of sp³-hybridized carbons (Fsp3) is 0.971. The molecule has 0 radical (unpaired) electrons. The predicted molar refractivity (Wildman–Crippen MR) is 177 cm³/mol. The van der Waals surface area contributed by atoms with Crippen LogP contribution in [0.4, 0.5) is 0 Å². The Bertz CT molecular complexity index is 640. The molecule has 0 amide bonds. The van der Waals surface area contributed by atoms with Crippen LogP contribution in [0.3, 0.4) is 0 Å². The van der Waals surface area contributed by atoms with Gasteiger partial charge in [-0.3, -0.25) is 13.8 Å². The molecule has 0 N–H and O–H groups in total. The molecule has 0 aromatic heterocycles. The molecule has 0 aromatic carbocycles. The van der Waals surface area contributed by atoms with Gasteiger partial charge in [-0.2, -0.15) is 0 Å². The van der Waals surface area contributed by atoms with Crippen LogP contribution in [0.25, 0.3) is 0 Å². The minimum absolute atomic E-state index is 0.242. The first-order valence-corrected chi connectivity index (χ1v) is 19.2. The van der Waals surface area contributed by atoms with Gasteiger partial charge in [0.05, 0.1) is 27.7 Å². The normalized spacial score (nSPS) is 13.4. The van der Waals surface area contributed by atoms with Gasteiger partial charge in [-0.05, 0) is 12.8 Å². The molecule has 1 atom stereocenters. The quantitative estimate of drug-likeness (QED) is 0.0239. The maximum atomic E-state index is 13.2. The van der Waals surface area contributed by atoms with Crippen LogP contribution in [0.15, 0.2) is 0 Å². The van der Waals surface area contributed by atoms with E-state index in [0.29, 0.717) is 24.1 Å². The Hall–Kier alpha value is -0.460. The van der Waals surface area contributed by atoms with Crippen LogP contribution in [0, 0.1) is 0 Å².